The molecule has 2 aromatic rings. The molecule has 0 saturated carbocycles. The number of aliphatic hydroxyl groups is 1. The van der Waals surface area contributed by atoms with Gasteiger partial charge >= 0.3 is 5.97 Å². The van der Waals surface area contributed by atoms with Crippen LogP contribution in [0.1, 0.15) is 52.6 Å². The van der Waals surface area contributed by atoms with Gasteiger partial charge in [0.2, 0.25) is 6.54 Å². The molecular weight excluding hydrogens is 570 g/mol. The van der Waals surface area contributed by atoms with Gasteiger partial charge in [-0.1, -0.05) is 56.1 Å². The lowest BCUT2D eigenvalue weighted by molar-refractivity contribution is -0.140. The molecule has 4 nitrogen and oxygen atoms in total. The Kier molecular flexibility index (Phi) is 19.4. The molecule has 0 bridgehead atoms. The molecule has 0 atom stereocenters. The highest BCUT2D eigenvalue weighted by Crippen LogP contribution is 2.24. The van der Waals surface area contributed by atoms with Crippen molar-refractivity contribution in [2.24, 2.45) is 0 Å². The maximum absolute atomic E-state index is 11.0. The summed E-state index contributed by atoms with van der Waals surface area (Å²) in [5.41, 5.74) is 7.67. The minimum Gasteiger partial charge on any atom is -0.469 e. The predicted molar refractivity (Wildman–Crippen MR) is 147 cm³/mol. The zero-order valence-corrected chi connectivity index (χ0v) is 24.4. The van der Waals surface area contributed by atoms with Crippen LogP contribution in [0.15, 0.2) is 33.2 Å². The average Bonchev–Trinajstić information content (AvgIpc) is 2.77. The van der Waals surface area contributed by atoms with E-state index < -0.39 is 0 Å². The van der Waals surface area contributed by atoms with Crippen LogP contribution in [-0.2, 0) is 22.4 Å². The lowest BCUT2D eigenvalue weighted by atomic mass is 10.0. The Hall–Kier alpha value is -1.39. The highest BCUT2D eigenvalue weighted by Gasteiger charge is 2.05. The van der Waals surface area contributed by atoms with Gasteiger partial charge in [0.05, 0.1) is 7.11 Å². The van der Waals surface area contributed by atoms with Crippen LogP contribution in [-0.4, -0.2) is 31.8 Å². The van der Waals surface area contributed by atoms with E-state index in [1.807, 2.05) is 0 Å². The molecule has 0 aliphatic heterocycles. The number of benzene rings is 2. The van der Waals surface area contributed by atoms with Gasteiger partial charge in [-0.05, 0) is 80.3 Å². The first-order chi connectivity index (χ1) is 15.2. The van der Waals surface area contributed by atoms with Gasteiger partial charge in [-0.2, -0.15) is 0 Å². The summed E-state index contributed by atoms with van der Waals surface area (Å²) in [6.45, 7) is 15.7. The van der Waals surface area contributed by atoms with Crippen LogP contribution in [0, 0.1) is 34.3 Å². The monoisotopic (exact) mass is 603 g/mol. The number of hydrogen-bond donors (Lipinski definition) is 1. The topological polar surface area (TPSA) is 50.9 Å². The highest BCUT2D eigenvalue weighted by molar-refractivity contribution is 9.10. The van der Waals surface area contributed by atoms with Gasteiger partial charge in [0, 0.05) is 28.9 Å². The largest absolute Gasteiger partial charge is 0.469 e. The molecular formula is C26H36Br2ClNO3. The van der Waals surface area contributed by atoms with Crippen LogP contribution in [0.3, 0.4) is 0 Å². The summed E-state index contributed by atoms with van der Waals surface area (Å²) in [5, 5.41) is 7.00. The Balaban J connectivity index is 0. The van der Waals surface area contributed by atoms with Crippen molar-refractivity contribution >= 4 is 50.2 Å². The molecule has 0 radical (unpaired) electrons. The second-order valence-electron chi connectivity index (χ2n) is 7.50. The minimum atomic E-state index is -0.134. The molecule has 0 amide bonds. The molecule has 184 valence electrons. The quantitative estimate of drug-likeness (QED) is 0.202. The van der Waals surface area contributed by atoms with Crippen molar-refractivity contribution in [3.8, 4) is 0 Å². The molecule has 2 rings (SSSR count). The fourth-order valence-electron chi connectivity index (χ4n) is 3.26. The molecule has 0 fully saturated rings. The molecule has 7 heteroatoms. The summed E-state index contributed by atoms with van der Waals surface area (Å²) in [5.74, 6) is -0.134. The van der Waals surface area contributed by atoms with Gasteiger partial charge in [0.15, 0.2) is 0 Å². The second-order valence-corrected chi connectivity index (χ2v) is 9.09. The fraction of sp³-hybridized carbons (Fsp3) is 0.462. The number of hydrogen-bond acceptors (Lipinski definition) is 3. The third-order valence-electron chi connectivity index (χ3n) is 4.80. The summed E-state index contributed by atoms with van der Waals surface area (Å²) in [6, 6.07) is 8.71. The molecule has 2 aromatic carbocycles. The van der Waals surface area contributed by atoms with Crippen molar-refractivity contribution in [3.05, 3.63) is 78.0 Å². The summed E-state index contributed by atoms with van der Waals surface area (Å²) in [6.07, 6.45) is 4.23. The van der Waals surface area contributed by atoms with Crippen LogP contribution in [0.4, 0.5) is 0 Å². The van der Waals surface area contributed by atoms with E-state index in [4.69, 9.17) is 11.7 Å². The third kappa shape index (κ3) is 13.2. The third-order valence-corrected chi connectivity index (χ3v) is 7.30. The van der Waals surface area contributed by atoms with Gasteiger partial charge < -0.3 is 14.7 Å². The summed E-state index contributed by atoms with van der Waals surface area (Å²) < 4.78 is 6.98. The molecule has 0 saturated heterocycles. The predicted octanol–water partition coefficient (Wildman–Crippen LogP) is 7.51. The average molecular weight is 606 g/mol. The van der Waals surface area contributed by atoms with Gasteiger partial charge in [-0.15, -0.1) is 12.4 Å². The zero-order valence-electron chi connectivity index (χ0n) is 20.4. The molecule has 0 unspecified atom stereocenters. The Morgan fingerprint density at radius 3 is 1.58 bits per heavy atom. The number of ether oxygens (including phenoxy) is 1. The Morgan fingerprint density at radius 1 is 0.879 bits per heavy atom. The van der Waals surface area contributed by atoms with Gasteiger partial charge in [-0.3, -0.25) is 4.79 Å². The first-order valence-electron chi connectivity index (χ1n) is 10.6. The maximum atomic E-state index is 11.0. The SMILES string of the molecule is CO.COC(=O)CCCc1cc(C)c(Br)c(C)c1.Cl.[C-]#[N+]CCCc1cc(C)c(Br)c(C)c1. The van der Waals surface area contributed by atoms with Crippen molar-refractivity contribution in [1.29, 1.82) is 0 Å². The second kappa shape index (κ2) is 19.0. The van der Waals surface area contributed by atoms with Crippen molar-refractivity contribution in [3.63, 3.8) is 0 Å². The summed E-state index contributed by atoms with van der Waals surface area (Å²) in [4.78, 5) is 14.3. The van der Waals surface area contributed by atoms with Crippen molar-refractivity contribution in [1.82, 2.24) is 0 Å². The molecule has 0 heterocycles. The Bertz CT molecular complexity index is 865. The standard InChI is InChI=1S/C13H17BrO2.C12H14BrN.CH4O.ClH/c1-9-7-11(8-10(2)13(9)14)5-4-6-12(15)16-3;1-9-7-11(5-4-6-14-3)8-10(2)12(9)13;1-2;/h7-8H,4-6H2,1-3H3;7-8H,4-6H2,1-2H3;2H,1H3;1H. The van der Waals surface area contributed by atoms with Gasteiger partial charge in [0.1, 0.15) is 0 Å². The van der Waals surface area contributed by atoms with Crippen LogP contribution in [0.5, 0.6) is 0 Å². The fourth-order valence-corrected chi connectivity index (χ4v) is 3.72. The van der Waals surface area contributed by atoms with Crippen molar-refractivity contribution in [2.75, 3.05) is 20.8 Å². The van der Waals surface area contributed by atoms with E-state index in [1.165, 1.54) is 49.4 Å². The first kappa shape index (κ1) is 33.8. The van der Waals surface area contributed by atoms with Crippen LogP contribution < -0.4 is 0 Å². The Morgan fingerprint density at radius 2 is 1.24 bits per heavy atom. The number of halogens is 3. The summed E-state index contributed by atoms with van der Waals surface area (Å²) >= 11 is 7.09. The maximum Gasteiger partial charge on any atom is 0.305 e. The van der Waals surface area contributed by atoms with Gasteiger partial charge in [0.25, 0.3) is 0 Å². The van der Waals surface area contributed by atoms with E-state index in [0.717, 1.165) is 32.8 Å². The molecule has 0 aromatic heterocycles. The lowest BCUT2D eigenvalue weighted by Gasteiger charge is -2.07. The molecule has 0 aliphatic carbocycles. The molecule has 1 N–H and O–H groups in total. The number of aliphatic hydroxyl groups excluding tert-OH is 1. The number of methoxy groups -OCH3 is 1. The normalized spacial score (nSPS) is 9.33. The van der Waals surface area contributed by atoms with E-state index in [-0.39, 0.29) is 18.4 Å². The number of carbonyl (C=O) groups is 1. The first-order valence-corrected chi connectivity index (χ1v) is 12.1. The van der Waals surface area contributed by atoms with E-state index in [0.29, 0.717) is 13.0 Å². The molecule has 33 heavy (non-hydrogen) atoms. The zero-order chi connectivity index (χ0) is 24.7. The number of esters is 1. The number of aryl methyl sites for hydroxylation is 6. The van der Waals surface area contributed by atoms with Crippen LogP contribution in [0.2, 0.25) is 0 Å². The highest BCUT2D eigenvalue weighted by atomic mass is 79.9. The molecule has 0 aliphatic rings. The van der Waals surface area contributed by atoms with E-state index in [2.05, 4.69) is 93.4 Å². The number of carbonyl (C=O) groups excluding carboxylic acids is 1. The van der Waals surface area contributed by atoms with E-state index >= 15 is 0 Å². The summed E-state index contributed by atoms with van der Waals surface area (Å²) in [7, 11) is 2.43. The van der Waals surface area contributed by atoms with Gasteiger partial charge in [-0.25, -0.2) is 6.57 Å². The molecule has 0 spiro atoms. The number of rotatable bonds is 7. The lowest BCUT2D eigenvalue weighted by Crippen LogP contribution is -2.00. The van der Waals surface area contributed by atoms with E-state index in [1.54, 1.807) is 0 Å². The number of nitrogens with zero attached hydrogens (tertiary/aromatic N) is 1. The van der Waals surface area contributed by atoms with Crippen LogP contribution >= 0.6 is 44.3 Å². The van der Waals surface area contributed by atoms with E-state index in [9.17, 15) is 4.79 Å². The van der Waals surface area contributed by atoms with Crippen molar-refractivity contribution in [2.45, 2.75) is 59.8 Å². The smallest absolute Gasteiger partial charge is 0.305 e. The van der Waals surface area contributed by atoms with Crippen molar-refractivity contribution < 1.29 is 14.6 Å². The Labute approximate surface area is 222 Å². The minimum absolute atomic E-state index is 0. The van der Waals surface area contributed by atoms with Crippen LogP contribution in [0.25, 0.3) is 4.85 Å².